The minimum Gasteiger partial charge on any atom is -0.494 e. The van der Waals surface area contributed by atoms with E-state index >= 15 is 0 Å². The maximum atomic E-state index is 13.4. The van der Waals surface area contributed by atoms with E-state index in [2.05, 4.69) is 5.32 Å². The Labute approximate surface area is 202 Å². The average molecular weight is 478 g/mol. The van der Waals surface area contributed by atoms with E-state index in [1.54, 1.807) is 53.4 Å². The smallest absolute Gasteiger partial charge is 0.256 e. The van der Waals surface area contributed by atoms with Gasteiger partial charge in [0.2, 0.25) is 5.91 Å². The Morgan fingerprint density at radius 2 is 1.71 bits per heavy atom. The number of para-hydroxylation sites is 1. The molecule has 1 aliphatic heterocycles. The van der Waals surface area contributed by atoms with Gasteiger partial charge in [-0.25, -0.2) is 4.39 Å². The van der Waals surface area contributed by atoms with Gasteiger partial charge in [0.15, 0.2) is 5.11 Å². The fraction of sp³-hybridized carbons (Fsp3) is 0.192. The van der Waals surface area contributed by atoms with E-state index in [0.717, 1.165) is 5.56 Å². The van der Waals surface area contributed by atoms with Gasteiger partial charge >= 0.3 is 0 Å². The van der Waals surface area contributed by atoms with Gasteiger partial charge in [0.05, 0.1) is 18.7 Å². The number of nitrogens with zero attached hydrogens (tertiary/aromatic N) is 2. The highest BCUT2D eigenvalue weighted by Gasteiger charge is 2.44. The summed E-state index contributed by atoms with van der Waals surface area (Å²) in [6.07, 6.45) is -0.0866. The largest absolute Gasteiger partial charge is 0.494 e. The molecule has 0 aromatic heterocycles. The number of amides is 2. The molecule has 4 rings (SSSR count). The monoisotopic (exact) mass is 477 g/mol. The van der Waals surface area contributed by atoms with Crippen molar-refractivity contribution in [1.29, 1.82) is 0 Å². The molecule has 1 atom stereocenters. The number of carbonyl (C=O) groups excluding carboxylic acids is 2. The van der Waals surface area contributed by atoms with Gasteiger partial charge in [-0.05, 0) is 73.2 Å². The molecule has 6 nitrogen and oxygen atoms in total. The third kappa shape index (κ3) is 5.23. The molecule has 3 aromatic rings. The van der Waals surface area contributed by atoms with Crippen molar-refractivity contribution in [2.24, 2.45) is 0 Å². The molecule has 2 amide bonds. The molecule has 0 bridgehead atoms. The van der Waals surface area contributed by atoms with Crippen molar-refractivity contribution in [3.63, 3.8) is 0 Å². The number of rotatable bonds is 8. The number of anilines is 2. The van der Waals surface area contributed by atoms with E-state index in [-0.39, 0.29) is 30.6 Å². The van der Waals surface area contributed by atoms with Crippen molar-refractivity contribution in [2.45, 2.75) is 25.9 Å². The lowest BCUT2D eigenvalue weighted by Crippen LogP contribution is -2.37. The number of halogens is 1. The first kappa shape index (κ1) is 23.4. The lowest BCUT2D eigenvalue weighted by atomic mass is 10.1. The van der Waals surface area contributed by atoms with E-state index in [1.807, 2.05) is 25.1 Å². The van der Waals surface area contributed by atoms with Crippen LogP contribution in [0.3, 0.4) is 0 Å². The van der Waals surface area contributed by atoms with Gasteiger partial charge in [-0.15, -0.1) is 0 Å². The Bertz CT molecular complexity index is 1170. The van der Waals surface area contributed by atoms with Crippen LogP contribution in [0.15, 0.2) is 78.9 Å². The van der Waals surface area contributed by atoms with Crippen LogP contribution in [0.25, 0.3) is 0 Å². The third-order valence-corrected chi connectivity index (χ3v) is 5.84. The zero-order valence-corrected chi connectivity index (χ0v) is 19.4. The van der Waals surface area contributed by atoms with Gasteiger partial charge in [0, 0.05) is 12.2 Å². The Hall–Kier alpha value is -3.78. The highest BCUT2D eigenvalue weighted by molar-refractivity contribution is 7.80. The molecule has 1 fully saturated rings. The van der Waals surface area contributed by atoms with Gasteiger partial charge in [-0.3, -0.25) is 14.5 Å². The number of benzene rings is 3. The van der Waals surface area contributed by atoms with Gasteiger partial charge in [0.25, 0.3) is 5.91 Å². The SMILES string of the molecule is CCOc1ccc(NC(=O)CC2C(=O)N(c3ccccc3)C(=S)N2Cc2ccc(F)cc2)cc1. The van der Waals surface area contributed by atoms with Crippen LogP contribution in [0.2, 0.25) is 0 Å². The van der Waals surface area contributed by atoms with Crippen LogP contribution in [0.4, 0.5) is 15.8 Å². The topological polar surface area (TPSA) is 61.9 Å². The molecule has 8 heteroatoms. The first-order valence-corrected chi connectivity index (χ1v) is 11.3. The summed E-state index contributed by atoms with van der Waals surface area (Å²) in [5.74, 6) is -0.230. The minimum absolute atomic E-state index is 0.0866. The van der Waals surface area contributed by atoms with E-state index in [0.29, 0.717) is 28.8 Å². The molecule has 1 aliphatic rings. The number of nitrogens with one attached hydrogen (secondary N) is 1. The van der Waals surface area contributed by atoms with Gasteiger partial charge in [-0.1, -0.05) is 30.3 Å². The minimum atomic E-state index is -0.791. The molecule has 1 N–H and O–H groups in total. The molecule has 0 radical (unpaired) electrons. The first-order valence-electron chi connectivity index (χ1n) is 10.9. The predicted molar refractivity (Wildman–Crippen MR) is 133 cm³/mol. The molecule has 0 aliphatic carbocycles. The molecule has 1 unspecified atom stereocenters. The Kier molecular flexibility index (Phi) is 7.18. The summed E-state index contributed by atoms with van der Waals surface area (Å²) in [4.78, 5) is 29.5. The highest BCUT2D eigenvalue weighted by Crippen LogP contribution is 2.29. The molecule has 174 valence electrons. The van der Waals surface area contributed by atoms with Crippen molar-refractivity contribution < 1.29 is 18.7 Å². The summed E-state index contributed by atoms with van der Waals surface area (Å²) in [5, 5.41) is 3.14. The standard InChI is InChI=1S/C26H24FN3O3S/c1-2-33-22-14-12-20(13-15-22)28-24(31)16-23-25(32)30(21-6-4-3-5-7-21)26(34)29(23)17-18-8-10-19(27)11-9-18/h3-15,23H,2,16-17H2,1H3,(H,28,31). The fourth-order valence-electron chi connectivity index (χ4n) is 3.80. The second-order valence-electron chi connectivity index (χ2n) is 7.77. The van der Waals surface area contributed by atoms with E-state index in [1.165, 1.54) is 17.0 Å². The van der Waals surface area contributed by atoms with Crippen LogP contribution < -0.4 is 15.0 Å². The van der Waals surface area contributed by atoms with E-state index in [4.69, 9.17) is 17.0 Å². The summed E-state index contributed by atoms with van der Waals surface area (Å²) >= 11 is 5.66. The van der Waals surface area contributed by atoms with Crippen LogP contribution in [0.1, 0.15) is 18.9 Å². The fourth-order valence-corrected chi connectivity index (χ4v) is 4.19. The summed E-state index contributed by atoms with van der Waals surface area (Å²) < 4.78 is 18.8. The van der Waals surface area contributed by atoms with Gasteiger partial charge in [-0.2, -0.15) is 0 Å². The van der Waals surface area contributed by atoms with Crippen molar-refractivity contribution >= 4 is 40.5 Å². The molecular formula is C26H24FN3O3S. The Morgan fingerprint density at radius 3 is 2.35 bits per heavy atom. The van der Waals surface area contributed by atoms with Crippen molar-refractivity contribution in [3.8, 4) is 5.75 Å². The van der Waals surface area contributed by atoms with Crippen molar-refractivity contribution in [2.75, 3.05) is 16.8 Å². The van der Waals surface area contributed by atoms with Crippen LogP contribution >= 0.6 is 12.2 Å². The van der Waals surface area contributed by atoms with Crippen LogP contribution in [-0.4, -0.2) is 34.5 Å². The van der Waals surface area contributed by atoms with Crippen LogP contribution in [0.5, 0.6) is 5.75 Å². The lowest BCUT2D eigenvalue weighted by molar-refractivity contribution is -0.124. The molecule has 34 heavy (non-hydrogen) atoms. The molecule has 1 saturated heterocycles. The summed E-state index contributed by atoms with van der Waals surface area (Å²) in [6.45, 7) is 2.72. The summed E-state index contributed by atoms with van der Waals surface area (Å²) in [7, 11) is 0. The number of hydrogen-bond donors (Lipinski definition) is 1. The zero-order chi connectivity index (χ0) is 24.1. The first-order chi connectivity index (χ1) is 16.5. The van der Waals surface area contributed by atoms with Crippen LogP contribution in [0, 0.1) is 5.82 Å². The summed E-state index contributed by atoms with van der Waals surface area (Å²) in [6, 6.07) is 21.3. The number of hydrogen-bond acceptors (Lipinski definition) is 4. The normalized spacial score (nSPS) is 15.5. The molecule has 3 aromatic carbocycles. The average Bonchev–Trinajstić information content (AvgIpc) is 3.06. The lowest BCUT2D eigenvalue weighted by Gasteiger charge is -2.24. The van der Waals surface area contributed by atoms with Crippen molar-refractivity contribution in [3.05, 3.63) is 90.2 Å². The second kappa shape index (κ2) is 10.4. The van der Waals surface area contributed by atoms with Gasteiger partial charge in [0.1, 0.15) is 17.6 Å². The zero-order valence-electron chi connectivity index (χ0n) is 18.6. The predicted octanol–water partition coefficient (Wildman–Crippen LogP) is 4.76. The molecular weight excluding hydrogens is 453 g/mol. The quantitative estimate of drug-likeness (QED) is 0.474. The maximum Gasteiger partial charge on any atom is 0.256 e. The Balaban J connectivity index is 1.54. The number of carbonyl (C=O) groups is 2. The maximum absolute atomic E-state index is 13.4. The Morgan fingerprint density at radius 1 is 1.03 bits per heavy atom. The number of thiocarbonyl (C=S) groups is 1. The molecule has 0 saturated carbocycles. The second-order valence-corrected chi connectivity index (χ2v) is 8.14. The third-order valence-electron chi connectivity index (χ3n) is 5.43. The summed E-state index contributed by atoms with van der Waals surface area (Å²) in [5.41, 5.74) is 2.02. The van der Waals surface area contributed by atoms with E-state index < -0.39 is 6.04 Å². The van der Waals surface area contributed by atoms with Gasteiger partial charge < -0.3 is 15.0 Å². The number of ether oxygens (including phenoxy) is 1. The van der Waals surface area contributed by atoms with E-state index in [9.17, 15) is 14.0 Å². The molecule has 0 spiro atoms. The van der Waals surface area contributed by atoms with Crippen LogP contribution in [-0.2, 0) is 16.1 Å². The van der Waals surface area contributed by atoms with Crippen molar-refractivity contribution in [1.82, 2.24) is 4.90 Å². The highest BCUT2D eigenvalue weighted by atomic mass is 32.1. The molecule has 1 heterocycles.